The first-order valence-corrected chi connectivity index (χ1v) is 8.97. The highest BCUT2D eigenvalue weighted by atomic mass is 19.2. The summed E-state index contributed by atoms with van der Waals surface area (Å²) >= 11 is 0. The second kappa shape index (κ2) is 7.58. The minimum Gasteiger partial charge on any atom is -0.365 e. The van der Waals surface area contributed by atoms with Crippen LogP contribution in [-0.2, 0) is 4.79 Å². The van der Waals surface area contributed by atoms with Crippen molar-refractivity contribution in [2.24, 2.45) is 5.73 Å². The van der Waals surface area contributed by atoms with E-state index >= 15 is 0 Å². The predicted octanol–water partition coefficient (Wildman–Crippen LogP) is 3.16. The fourth-order valence-corrected chi connectivity index (χ4v) is 4.02. The van der Waals surface area contributed by atoms with Gasteiger partial charge in [-0.05, 0) is 44.9 Å². The maximum atomic E-state index is 15.0. The van der Waals surface area contributed by atoms with Crippen LogP contribution in [0.25, 0.3) is 10.9 Å². The molecule has 0 radical (unpaired) electrons. The van der Waals surface area contributed by atoms with Crippen molar-refractivity contribution in [1.82, 2.24) is 10.3 Å². The Labute approximate surface area is 159 Å². The van der Waals surface area contributed by atoms with Gasteiger partial charge in [-0.3, -0.25) is 9.59 Å². The Kier molecular flexibility index (Phi) is 5.36. The second-order valence-corrected chi connectivity index (χ2v) is 7.00. The van der Waals surface area contributed by atoms with Crippen molar-refractivity contribution in [2.75, 3.05) is 0 Å². The Morgan fingerprint density at radius 2 is 1.89 bits per heavy atom. The van der Waals surface area contributed by atoms with E-state index in [1.54, 1.807) is 0 Å². The molecule has 1 saturated carbocycles. The van der Waals surface area contributed by atoms with Gasteiger partial charge in [-0.1, -0.05) is 12.3 Å². The van der Waals surface area contributed by atoms with E-state index in [1.165, 1.54) is 13.8 Å². The van der Waals surface area contributed by atoms with Gasteiger partial charge in [0.1, 0.15) is 5.56 Å². The lowest BCUT2D eigenvalue weighted by Gasteiger charge is -2.30. The SMILES string of the molecule is CC#CC(=O)N[C@@H]1CCC[C@@H](c2c(F)c(F)c(C(N)=O)c3[nH]c(C)c(F)c23)C1. The molecule has 1 aromatic carbocycles. The molecule has 1 aromatic heterocycles. The highest BCUT2D eigenvalue weighted by Gasteiger charge is 2.33. The quantitative estimate of drug-likeness (QED) is 0.702. The number of primary amides is 1. The van der Waals surface area contributed by atoms with Crippen molar-refractivity contribution >= 4 is 22.7 Å². The molecule has 4 N–H and O–H groups in total. The first-order chi connectivity index (χ1) is 13.3. The Bertz CT molecular complexity index is 1030. The Balaban J connectivity index is 2.11. The molecular weight excluding hydrogens is 371 g/mol. The molecule has 1 fully saturated rings. The van der Waals surface area contributed by atoms with Gasteiger partial charge >= 0.3 is 0 Å². The Hall–Kier alpha value is -2.95. The molecule has 2 amide bonds. The van der Waals surface area contributed by atoms with Gasteiger partial charge in [0.05, 0.1) is 5.52 Å². The molecule has 0 bridgehead atoms. The summed E-state index contributed by atoms with van der Waals surface area (Å²) in [7, 11) is 0. The number of aromatic nitrogens is 1. The maximum absolute atomic E-state index is 15.0. The number of carbonyl (C=O) groups excluding carboxylic acids is 2. The van der Waals surface area contributed by atoms with Crippen LogP contribution in [0, 0.1) is 36.2 Å². The third-order valence-corrected chi connectivity index (χ3v) is 5.18. The summed E-state index contributed by atoms with van der Waals surface area (Å²) in [6.45, 7) is 2.95. The average Bonchev–Trinajstić information content (AvgIpc) is 2.91. The monoisotopic (exact) mass is 391 g/mol. The number of carbonyl (C=O) groups is 2. The number of H-pyrrole nitrogens is 1. The number of rotatable bonds is 3. The summed E-state index contributed by atoms with van der Waals surface area (Å²) in [4.78, 5) is 26.0. The first-order valence-electron chi connectivity index (χ1n) is 8.97. The molecule has 2 aromatic rings. The van der Waals surface area contributed by atoms with E-state index in [0.717, 1.165) is 0 Å². The number of amides is 2. The van der Waals surface area contributed by atoms with Gasteiger partial charge in [0.25, 0.3) is 11.8 Å². The number of hydrogen-bond acceptors (Lipinski definition) is 2. The molecule has 0 saturated heterocycles. The number of halogens is 3. The number of aromatic amines is 1. The molecule has 1 aliphatic carbocycles. The van der Waals surface area contributed by atoms with Crippen LogP contribution in [-0.4, -0.2) is 22.8 Å². The number of hydrogen-bond donors (Lipinski definition) is 3. The summed E-state index contributed by atoms with van der Waals surface area (Å²) in [5.41, 5.74) is 4.30. The number of nitrogens with two attached hydrogens (primary N) is 1. The summed E-state index contributed by atoms with van der Waals surface area (Å²) in [5.74, 6) is -0.683. The van der Waals surface area contributed by atoms with Crippen molar-refractivity contribution in [3.8, 4) is 11.8 Å². The number of aryl methyl sites for hydroxylation is 1. The van der Waals surface area contributed by atoms with E-state index in [1.807, 2.05) is 0 Å². The predicted molar refractivity (Wildman–Crippen MR) is 98.0 cm³/mol. The minimum atomic E-state index is -1.39. The molecule has 0 unspecified atom stereocenters. The molecule has 0 aliphatic heterocycles. The van der Waals surface area contributed by atoms with Crippen LogP contribution in [0.3, 0.4) is 0 Å². The Morgan fingerprint density at radius 3 is 2.54 bits per heavy atom. The summed E-state index contributed by atoms with van der Waals surface area (Å²) in [5, 5.41) is 2.59. The van der Waals surface area contributed by atoms with Crippen LogP contribution in [0.4, 0.5) is 13.2 Å². The second-order valence-electron chi connectivity index (χ2n) is 7.00. The van der Waals surface area contributed by atoms with E-state index in [2.05, 4.69) is 22.1 Å². The van der Waals surface area contributed by atoms with Crippen LogP contribution in [0.1, 0.15) is 60.1 Å². The molecular formula is C20H20F3N3O2. The molecule has 5 nitrogen and oxygen atoms in total. The summed E-state index contributed by atoms with van der Waals surface area (Å²) < 4.78 is 44.4. The first kappa shape index (κ1) is 19.8. The molecule has 8 heteroatoms. The van der Waals surface area contributed by atoms with Gasteiger partial charge in [0, 0.05) is 22.7 Å². The molecule has 1 heterocycles. The van der Waals surface area contributed by atoms with Crippen LogP contribution < -0.4 is 11.1 Å². The zero-order valence-corrected chi connectivity index (χ0v) is 15.5. The fourth-order valence-electron chi connectivity index (χ4n) is 4.02. The van der Waals surface area contributed by atoms with Gasteiger partial charge in [-0.2, -0.15) is 0 Å². The van der Waals surface area contributed by atoms with E-state index in [0.29, 0.717) is 25.7 Å². The van der Waals surface area contributed by atoms with Crippen LogP contribution in [0.2, 0.25) is 0 Å². The van der Waals surface area contributed by atoms with E-state index in [-0.39, 0.29) is 28.2 Å². The van der Waals surface area contributed by atoms with Gasteiger partial charge in [-0.25, -0.2) is 13.2 Å². The standard InChI is InChI=1S/C20H20F3N3O2/c1-3-5-12(27)26-11-7-4-6-10(8-11)13-14-16(21)9(2)25-19(14)15(20(24)28)18(23)17(13)22/h10-11,25H,4,6-8H2,1-2H3,(H2,24,28)(H,26,27)/t10-,11-/m1/s1. The molecule has 1 aliphatic rings. The van der Waals surface area contributed by atoms with Gasteiger partial charge in [-0.15, -0.1) is 0 Å². The lowest BCUT2D eigenvalue weighted by atomic mass is 9.79. The zero-order valence-electron chi connectivity index (χ0n) is 15.5. The number of benzene rings is 1. The normalized spacial score (nSPS) is 19.2. The van der Waals surface area contributed by atoms with E-state index in [9.17, 15) is 22.8 Å². The van der Waals surface area contributed by atoms with Crippen molar-refractivity contribution in [2.45, 2.75) is 51.5 Å². The minimum absolute atomic E-state index is 0.0580. The largest absolute Gasteiger partial charge is 0.365 e. The molecule has 0 spiro atoms. The van der Waals surface area contributed by atoms with E-state index < -0.39 is 40.7 Å². The van der Waals surface area contributed by atoms with Gasteiger partial charge in [0.2, 0.25) is 0 Å². The third-order valence-electron chi connectivity index (χ3n) is 5.18. The molecule has 3 rings (SSSR count). The van der Waals surface area contributed by atoms with Crippen molar-refractivity contribution < 1.29 is 22.8 Å². The fraction of sp³-hybridized carbons (Fsp3) is 0.400. The third kappa shape index (κ3) is 3.33. The molecule has 28 heavy (non-hydrogen) atoms. The highest BCUT2D eigenvalue weighted by molar-refractivity contribution is 6.06. The van der Waals surface area contributed by atoms with Crippen molar-refractivity contribution in [3.05, 3.63) is 34.3 Å². The summed E-state index contributed by atoms with van der Waals surface area (Å²) in [6, 6.07) is -0.288. The lowest BCUT2D eigenvalue weighted by Crippen LogP contribution is -2.37. The maximum Gasteiger partial charge on any atom is 0.296 e. The van der Waals surface area contributed by atoms with Crippen LogP contribution >= 0.6 is 0 Å². The van der Waals surface area contributed by atoms with E-state index in [4.69, 9.17) is 5.73 Å². The summed E-state index contributed by atoms with van der Waals surface area (Å²) in [6.07, 6.45) is 2.11. The molecule has 148 valence electrons. The van der Waals surface area contributed by atoms with Gasteiger partial charge in [0.15, 0.2) is 17.5 Å². The Morgan fingerprint density at radius 1 is 1.18 bits per heavy atom. The zero-order chi connectivity index (χ0) is 20.6. The average molecular weight is 391 g/mol. The topological polar surface area (TPSA) is 88.0 Å². The lowest BCUT2D eigenvalue weighted by molar-refractivity contribution is -0.116. The number of fused-ring (bicyclic) bond motifs is 1. The van der Waals surface area contributed by atoms with Gasteiger partial charge < -0.3 is 16.0 Å². The van der Waals surface area contributed by atoms with Crippen LogP contribution in [0.5, 0.6) is 0 Å². The highest BCUT2D eigenvalue weighted by Crippen LogP contribution is 2.41. The number of nitrogens with one attached hydrogen (secondary N) is 2. The van der Waals surface area contributed by atoms with Crippen LogP contribution in [0.15, 0.2) is 0 Å². The van der Waals surface area contributed by atoms with Crippen molar-refractivity contribution in [1.29, 1.82) is 0 Å². The molecule has 2 atom stereocenters. The smallest absolute Gasteiger partial charge is 0.296 e. The van der Waals surface area contributed by atoms with Crippen molar-refractivity contribution in [3.63, 3.8) is 0 Å².